The van der Waals surface area contributed by atoms with Crippen molar-refractivity contribution in [1.82, 2.24) is 15.5 Å². The summed E-state index contributed by atoms with van der Waals surface area (Å²) in [7, 11) is 1.29. The molecule has 2 N–H and O–H groups in total. The number of nitrogens with one attached hydrogen (secondary N) is 2. The number of carbonyl (C=O) groups excluding carboxylic acids is 3. The Morgan fingerprint density at radius 1 is 1.40 bits per heavy atom. The van der Waals surface area contributed by atoms with Crippen molar-refractivity contribution in [2.45, 2.75) is 19.4 Å². The molecule has 0 radical (unpaired) electrons. The Labute approximate surface area is 117 Å². The molecule has 0 saturated carbocycles. The van der Waals surface area contributed by atoms with Crippen molar-refractivity contribution < 1.29 is 23.9 Å². The van der Waals surface area contributed by atoms with Crippen LogP contribution in [-0.4, -0.2) is 68.8 Å². The molecule has 0 aromatic carbocycles. The van der Waals surface area contributed by atoms with Crippen LogP contribution < -0.4 is 10.6 Å². The molecule has 0 bridgehead atoms. The molecule has 1 saturated heterocycles. The molecule has 1 fully saturated rings. The Morgan fingerprint density at radius 2 is 2.15 bits per heavy atom. The Kier molecular flexibility index (Phi) is 6.96. The Hall–Kier alpha value is -1.67. The van der Waals surface area contributed by atoms with Crippen LogP contribution in [0.5, 0.6) is 0 Å². The van der Waals surface area contributed by atoms with Gasteiger partial charge in [-0.1, -0.05) is 6.92 Å². The quantitative estimate of drug-likeness (QED) is 0.636. The molecule has 1 heterocycles. The topological polar surface area (TPSA) is 97.0 Å². The third-order valence-electron chi connectivity index (χ3n) is 2.85. The second-order valence-electron chi connectivity index (χ2n) is 4.39. The van der Waals surface area contributed by atoms with Gasteiger partial charge in [0, 0.05) is 13.1 Å². The molecule has 1 aliphatic rings. The number of rotatable bonds is 5. The van der Waals surface area contributed by atoms with Crippen molar-refractivity contribution in [1.29, 1.82) is 0 Å². The van der Waals surface area contributed by atoms with Gasteiger partial charge in [-0.3, -0.25) is 19.8 Å². The van der Waals surface area contributed by atoms with Crippen LogP contribution in [0.3, 0.4) is 0 Å². The number of nitrogens with zero attached hydrogens (tertiary/aromatic N) is 1. The zero-order valence-corrected chi connectivity index (χ0v) is 11.8. The van der Waals surface area contributed by atoms with E-state index in [0.29, 0.717) is 19.7 Å². The minimum Gasteiger partial charge on any atom is -0.468 e. The van der Waals surface area contributed by atoms with Gasteiger partial charge in [0.2, 0.25) is 5.91 Å². The molecule has 0 aromatic rings. The number of methoxy groups -OCH3 is 1. The number of morpholine rings is 1. The highest BCUT2D eigenvalue weighted by atomic mass is 16.5. The van der Waals surface area contributed by atoms with Crippen LogP contribution >= 0.6 is 0 Å². The number of esters is 1. The van der Waals surface area contributed by atoms with E-state index in [-0.39, 0.29) is 13.2 Å². The van der Waals surface area contributed by atoms with Crippen LogP contribution in [0.4, 0.5) is 4.79 Å². The largest absolute Gasteiger partial charge is 0.468 e. The van der Waals surface area contributed by atoms with Crippen molar-refractivity contribution in [2.24, 2.45) is 0 Å². The minimum atomic E-state index is -0.613. The zero-order chi connectivity index (χ0) is 15.0. The van der Waals surface area contributed by atoms with Crippen molar-refractivity contribution in [3.05, 3.63) is 0 Å². The first-order valence-electron chi connectivity index (χ1n) is 6.55. The number of hydrogen-bond donors (Lipinski definition) is 2. The van der Waals surface area contributed by atoms with E-state index in [9.17, 15) is 14.4 Å². The van der Waals surface area contributed by atoms with Gasteiger partial charge in [-0.15, -0.1) is 0 Å². The molecule has 0 spiro atoms. The summed E-state index contributed by atoms with van der Waals surface area (Å²) in [6.45, 7) is 3.41. The van der Waals surface area contributed by atoms with E-state index >= 15 is 0 Å². The third-order valence-corrected chi connectivity index (χ3v) is 2.85. The number of carbonyl (C=O) groups is 3. The summed E-state index contributed by atoms with van der Waals surface area (Å²) in [4.78, 5) is 36.3. The molecule has 8 heteroatoms. The second kappa shape index (κ2) is 8.49. The van der Waals surface area contributed by atoms with E-state index in [1.165, 1.54) is 7.11 Å². The summed E-state index contributed by atoms with van der Waals surface area (Å²) in [5.74, 6) is -0.914. The fraction of sp³-hybridized carbons (Fsp3) is 0.750. The number of hydrogen-bond acceptors (Lipinski definition) is 6. The van der Waals surface area contributed by atoms with Gasteiger partial charge in [0.1, 0.15) is 6.04 Å². The molecule has 3 amide bonds. The highest BCUT2D eigenvalue weighted by Crippen LogP contribution is 2.07. The Bertz CT molecular complexity index is 361. The molecule has 1 aliphatic heterocycles. The lowest BCUT2D eigenvalue weighted by atomic mass is 10.2. The number of urea groups is 1. The third kappa shape index (κ3) is 5.14. The van der Waals surface area contributed by atoms with Crippen LogP contribution in [0.25, 0.3) is 0 Å². The molecule has 1 atom stereocenters. The molecule has 20 heavy (non-hydrogen) atoms. The van der Waals surface area contributed by atoms with E-state index in [4.69, 9.17) is 4.74 Å². The molecule has 1 unspecified atom stereocenters. The predicted molar refractivity (Wildman–Crippen MR) is 70.0 cm³/mol. The molecule has 0 aromatic heterocycles. The van der Waals surface area contributed by atoms with Gasteiger partial charge in [-0.25, -0.2) is 4.79 Å². The zero-order valence-electron chi connectivity index (χ0n) is 11.8. The number of amides is 3. The van der Waals surface area contributed by atoms with E-state index in [1.807, 2.05) is 6.92 Å². The molecule has 0 aliphatic carbocycles. The van der Waals surface area contributed by atoms with E-state index < -0.39 is 23.9 Å². The smallest absolute Gasteiger partial charge is 0.325 e. The molecule has 114 valence electrons. The van der Waals surface area contributed by atoms with E-state index in [1.54, 1.807) is 4.90 Å². The van der Waals surface area contributed by atoms with Crippen LogP contribution in [0.1, 0.15) is 13.3 Å². The standard InChI is InChI=1S/C12H21N3O5/c1-3-4-13-12(18)14-10(16)7-15-5-6-20-8-9(15)11(17)19-2/h9H,3-8H2,1-2H3,(H2,13,14,16,18). The maximum atomic E-state index is 11.7. The van der Waals surface area contributed by atoms with Crippen molar-refractivity contribution in [2.75, 3.05) is 40.0 Å². The first-order valence-corrected chi connectivity index (χ1v) is 6.55. The fourth-order valence-corrected chi connectivity index (χ4v) is 1.81. The van der Waals surface area contributed by atoms with Gasteiger partial charge in [0.05, 0.1) is 26.9 Å². The summed E-state index contributed by atoms with van der Waals surface area (Å²) in [6, 6.07) is -1.14. The lowest BCUT2D eigenvalue weighted by Crippen LogP contribution is -2.54. The highest BCUT2D eigenvalue weighted by Gasteiger charge is 2.31. The fourth-order valence-electron chi connectivity index (χ4n) is 1.81. The minimum absolute atomic E-state index is 0.0529. The van der Waals surface area contributed by atoms with Crippen LogP contribution in [0.15, 0.2) is 0 Å². The van der Waals surface area contributed by atoms with Crippen molar-refractivity contribution in [3.63, 3.8) is 0 Å². The molecule has 8 nitrogen and oxygen atoms in total. The van der Waals surface area contributed by atoms with Gasteiger partial charge >= 0.3 is 12.0 Å². The normalized spacial score (nSPS) is 19.2. The van der Waals surface area contributed by atoms with Crippen LogP contribution in [-0.2, 0) is 19.1 Å². The van der Waals surface area contributed by atoms with E-state index in [0.717, 1.165) is 6.42 Å². The average Bonchev–Trinajstić information content (AvgIpc) is 2.44. The average molecular weight is 287 g/mol. The Morgan fingerprint density at radius 3 is 2.80 bits per heavy atom. The molecular weight excluding hydrogens is 266 g/mol. The highest BCUT2D eigenvalue weighted by molar-refractivity contribution is 5.95. The van der Waals surface area contributed by atoms with Crippen molar-refractivity contribution in [3.8, 4) is 0 Å². The lowest BCUT2D eigenvalue weighted by molar-refractivity contribution is -0.153. The van der Waals surface area contributed by atoms with Crippen molar-refractivity contribution >= 4 is 17.9 Å². The molecule has 1 rings (SSSR count). The first-order chi connectivity index (χ1) is 9.58. The summed E-state index contributed by atoms with van der Waals surface area (Å²) >= 11 is 0. The number of ether oxygens (including phenoxy) is 2. The lowest BCUT2D eigenvalue weighted by Gasteiger charge is -2.32. The maximum absolute atomic E-state index is 11.7. The Balaban J connectivity index is 2.45. The summed E-state index contributed by atoms with van der Waals surface area (Å²) in [5.41, 5.74) is 0. The first kappa shape index (κ1) is 16.4. The summed E-state index contributed by atoms with van der Waals surface area (Å²) in [6.07, 6.45) is 0.787. The van der Waals surface area contributed by atoms with E-state index in [2.05, 4.69) is 15.4 Å². The van der Waals surface area contributed by atoms with Gasteiger partial charge in [0.15, 0.2) is 0 Å². The maximum Gasteiger partial charge on any atom is 0.325 e. The summed E-state index contributed by atoms with van der Waals surface area (Å²) in [5, 5.41) is 4.76. The molecular formula is C12H21N3O5. The van der Waals surface area contributed by atoms with Crippen LogP contribution in [0, 0.1) is 0 Å². The SMILES string of the molecule is CCCNC(=O)NC(=O)CN1CCOCC1C(=O)OC. The second-order valence-corrected chi connectivity index (χ2v) is 4.39. The van der Waals surface area contributed by atoms with Gasteiger partial charge in [-0.05, 0) is 6.42 Å². The predicted octanol–water partition coefficient (Wildman–Crippen LogP) is -0.904. The monoisotopic (exact) mass is 287 g/mol. The van der Waals surface area contributed by atoms with Gasteiger partial charge in [-0.2, -0.15) is 0 Å². The number of imide groups is 1. The van der Waals surface area contributed by atoms with Gasteiger partial charge < -0.3 is 14.8 Å². The van der Waals surface area contributed by atoms with Gasteiger partial charge in [0.25, 0.3) is 0 Å². The van der Waals surface area contributed by atoms with Crippen LogP contribution in [0.2, 0.25) is 0 Å². The summed E-state index contributed by atoms with van der Waals surface area (Å²) < 4.78 is 9.86.